The summed E-state index contributed by atoms with van der Waals surface area (Å²) in [4.78, 5) is 11.7. The number of hydrogen-bond acceptors (Lipinski definition) is 3. The number of carbonyl (C=O) groups excluding carboxylic acids is 1. The summed E-state index contributed by atoms with van der Waals surface area (Å²) in [6.07, 6.45) is 0. The van der Waals surface area contributed by atoms with Gasteiger partial charge in [-0.1, -0.05) is 53.2 Å². The minimum Gasteiger partial charge on any atom is -0.482 e. The summed E-state index contributed by atoms with van der Waals surface area (Å²) in [6.45, 7) is 2.30. The van der Waals surface area contributed by atoms with E-state index >= 15 is 0 Å². The van der Waals surface area contributed by atoms with Crippen LogP contribution in [-0.2, 0) is 4.79 Å². The Labute approximate surface area is 157 Å². The number of para-hydroxylation sites is 1. The number of amides is 1. The lowest BCUT2D eigenvalue weighted by Gasteiger charge is -2.07. The second-order valence-electron chi connectivity index (χ2n) is 5.05. The molecule has 1 amide bonds. The van der Waals surface area contributed by atoms with Gasteiger partial charge in [0.2, 0.25) is 0 Å². The van der Waals surface area contributed by atoms with Gasteiger partial charge >= 0.3 is 0 Å². The van der Waals surface area contributed by atoms with Crippen molar-refractivity contribution >= 4 is 29.1 Å². The van der Waals surface area contributed by atoms with Gasteiger partial charge in [-0.3, -0.25) is 4.79 Å². The Hall–Kier alpha value is -2.35. The first-order chi connectivity index (χ1) is 12.1. The zero-order chi connectivity index (χ0) is 18.1. The SMILES string of the molecule is Cc1ccccc1OCC#CCNC(=O)COc1ccc(Cl)cc1Cl. The lowest BCUT2D eigenvalue weighted by Crippen LogP contribution is -2.29. The molecule has 2 aromatic rings. The third-order valence-corrected chi connectivity index (χ3v) is 3.68. The van der Waals surface area contributed by atoms with Crippen LogP contribution in [0.4, 0.5) is 0 Å². The highest BCUT2D eigenvalue weighted by atomic mass is 35.5. The fourth-order valence-electron chi connectivity index (χ4n) is 1.88. The van der Waals surface area contributed by atoms with Crippen LogP contribution in [0.15, 0.2) is 42.5 Å². The summed E-state index contributed by atoms with van der Waals surface area (Å²) >= 11 is 11.8. The first-order valence-electron chi connectivity index (χ1n) is 7.55. The lowest BCUT2D eigenvalue weighted by atomic mass is 10.2. The Bertz CT molecular complexity index is 797. The van der Waals surface area contributed by atoms with E-state index in [0.29, 0.717) is 15.8 Å². The van der Waals surface area contributed by atoms with Gasteiger partial charge in [-0.25, -0.2) is 0 Å². The molecule has 6 heteroatoms. The van der Waals surface area contributed by atoms with Crippen LogP contribution in [0.1, 0.15) is 5.56 Å². The highest BCUT2D eigenvalue weighted by Crippen LogP contribution is 2.27. The molecular formula is C19H17Cl2NO3. The smallest absolute Gasteiger partial charge is 0.258 e. The molecule has 0 aliphatic carbocycles. The normalized spacial score (nSPS) is 9.72. The number of aryl methyl sites for hydroxylation is 1. The summed E-state index contributed by atoms with van der Waals surface area (Å²) in [5, 5.41) is 3.49. The van der Waals surface area contributed by atoms with Crippen molar-refractivity contribution in [3.8, 4) is 23.3 Å². The lowest BCUT2D eigenvalue weighted by molar-refractivity contribution is -0.122. The van der Waals surface area contributed by atoms with Gasteiger partial charge < -0.3 is 14.8 Å². The number of benzene rings is 2. The van der Waals surface area contributed by atoms with Crippen LogP contribution in [0, 0.1) is 18.8 Å². The van der Waals surface area contributed by atoms with Crippen molar-refractivity contribution in [1.82, 2.24) is 5.32 Å². The Balaban J connectivity index is 1.66. The van der Waals surface area contributed by atoms with E-state index in [1.165, 1.54) is 0 Å². The third-order valence-electron chi connectivity index (χ3n) is 3.15. The molecule has 2 rings (SSSR count). The number of carbonyl (C=O) groups is 1. The van der Waals surface area contributed by atoms with Crippen molar-refractivity contribution in [3.63, 3.8) is 0 Å². The van der Waals surface area contributed by atoms with Gasteiger partial charge in [0.15, 0.2) is 6.61 Å². The fourth-order valence-corrected chi connectivity index (χ4v) is 2.34. The van der Waals surface area contributed by atoms with Gasteiger partial charge in [-0.05, 0) is 36.8 Å². The summed E-state index contributed by atoms with van der Waals surface area (Å²) < 4.78 is 10.9. The largest absolute Gasteiger partial charge is 0.482 e. The van der Waals surface area contributed by atoms with Crippen LogP contribution in [0.25, 0.3) is 0 Å². The molecule has 0 saturated heterocycles. The number of rotatable bonds is 6. The molecule has 0 aliphatic heterocycles. The molecular weight excluding hydrogens is 361 g/mol. The van der Waals surface area contributed by atoms with Gasteiger partial charge in [-0.15, -0.1) is 0 Å². The summed E-state index contributed by atoms with van der Waals surface area (Å²) in [5.41, 5.74) is 1.05. The summed E-state index contributed by atoms with van der Waals surface area (Å²) in [7, 11) is 0. The maximum absolute atomic E-state index is 11.7. The topological polar surface area (TPSA) is 47.6 Å². The Morgan fingerprint density at radius 3 is 2.64 bits per heavy atom. The molecule has 2 aromatic carbocycles. The standard InChI is InChI=1S/C19H17Cl2NO3/c1-14-6-2-3-7-17(14)24-11-5-4-10-22-19(23)13-25-18-9-8-15(20)12-16(18)21/h2-3,6-9,12H,10-11,13H2,1H3,(H,22,23). The van der Waals surface area contributed by atoms with E-state index in [-0.39, 0.29) is 25.7 Å². The van der Waals surface area contributed by atoms with E-state index in [9.17, 15) is 4.79 Å². The Morgan fingerprint density at radius 1 is 1.08 bits per heavy atom. The zero-order valence-corrected chi connectivity index (χ0v) is 15.2. The average molecular weight is 378 g/mol. The summed E-state index contributed by atoms with van der Waals surface area (Å²) in [5.74, 6) is 6.57. The molecule has 0 atom stereocenters. The zero-order valence-electron chi connectivity index (χ0n) is 13.6. The molecule has 25 heavy (non-hydrogen) atoms. The molecule has 0 unspecified atom stereocenters. The van der Waals surface area contributed by atoms with Crippen molar-refractivity contribution in [3.05, 3.63) is 58.1 Å². The van der Waals surface area contributed by atoms with Crippen LogP contribution in [-0.4, -0.2) is 25.7 Å². The number of halogens is 2. The monoisotopic (exact) mass is 377 g/mol. The predicted octanol–water partition coefficient (Wildman–Crippen LogP) is 3.88. The number of nitrogens with one attached hydrogen (secondary N) is 1. The molecule has 130 valence electrons. The fraction of sp³-hybridized carbons (Fsp3) is 0.211. The quantitative estimate of drug-likeness (QED) is 0.777. The highest BCUT2D eigenvalue weighted by molar-refractivity contribution is 6.35. The van der Waals surface area contributed by atoms with E-state index in [4.69, 9.17) is 32.7 Å². The Morgan fingerprint density at radius 2 is 1.88 bits per heavy atom. The van der Waals surface area contributed by atoms with E-state index in [1.54, 1.807) is 18.2 Å². The molecule has 0 radical (unpaired) electrons. The van der Waals surface area contributed by atoms with E-state index < -0.39 is 0 Å². The number of hydrogen-bond donors (Lipinski definition) is 1. The second-order valence-corrected chi connectivity index (χ2v) is 5.89. The maximum Gasteiger partial charge on any atom is 0.258 e. The van der Waals surface area contributed by atoms with Crippen molar-refractivity contribution in [2.75, 3.05) is 19.8 Å². The van der Waals surface area contributed by atoms with Crippen LogP contribution >= 0.6 is 23.2 Å². The highest BCUT2D eigenvalue weighted by Gasteiger charge is 2.05. The molecule has 1 N–H and O–H groups in total. The minimum atomic E-state index is -0.292. The van der Waals surface area contributed by atoms with Gasteiger partial charge in [0.1, 0.15) is 18.1 Å². The third kappa shape index (κ3) is 6.58. The second kappa shape index (κ2) is 9.83. The van der Waals surface area contributed by atoms with E-state index in [1.807, 2.05) is 31.2 Å². The van der Waals surface area contributed by atoms with Gasteiger partial charge in [0.05, 0.1) is 11.6 Å². The molecule has 0 bridgehead atoms. The molecule has 0 saturated carbocycles. The summed E-state index contributed by atoms with van der Waals surface area (Å²) in [6, 6.07) is 12.5. The molecule has 0 aromatic heterocycles. The van der Waals surface area contributed by atoms with Crippen LogP contribution < -0.4 is 14.8 Å². The Kier molecular flexibility index (Phi) is 7.46. The van der Waals surface area contributed by atoms with E-state index in [2.05, 4.69) is 17.2 Å². The van der Waals surface area contributed by atoms with Crippen molar-refractivity contribution < 1.29 is 14.3 Å². The maximum atomic E-state index is 11.7. The van der Waals surface area contributed by atoms with Gasteiger partial charge in [0, 0.05) is 5.02 Å². The molecule has 0 heterocycles. The van der Waals surface area contributed by atoms with Crippen molar-refractivity contribution in [2.24, 2.45) is 0 Å². The minimum absolute atomic E-state index is 0.150. The van der Waals surface area contributed by atoms with Crippen molar-refractivity contribution in [1.29, 1.82) is 0 Å². The van der Waals surface area contributed by atoms with Crippen LogP contribution in [0.2, 0.25) is 10.0 Å². The first kappa shape index (κ1) is 19.0. The molecule has 0 fully saturated rings. The van der Waals surface area contributed by atoms with Gasteiger partial charge in [-0.2, -0.15) is 0 Å². The predicted molar refractivity (Wildman–Crippen MR) is 99.4 cm³/mol. The average Bonchev–Trinajstić information content (AvgIpc) is 2.58. The molecule has 0 spiro atoms. The van der Waals surface area contributed by atoms with Crippen LogP contribution in [0.5, 0.6) is 11.5 Å². The number of ether oxygens (including phenoxy) is 2. The van der Waals surface area contributed by atoms with E-state index in [0.717, 1.165) is 11.3 Å². The molecule has 0 aliphatic rings. The first-order valence-corrected chi connectivity index (χ1v) is 8.30. The van der Waals surface area contributed by atoms with Gasteiger partial charge in [0.25, 0.3) is 5.91 Å². The molecule has 4 nitrogen and oxygen atoms in total. The van der Waals surface area contributed by atoms with Crippen molar-refractivity contribution in [2.45, 2.75) is 6.92 Å². The van der Waals surface area contributed by atoms with Crippen LogP contribution in [0.3, 0.4) is 0 Å².